The first kappa shape index (κ1) is 32.4. The van der Waals surface area contributed by atoms with E-state index in [0.29, 0.717) is 0 Å². The molecule has 2 nitrogen and oxygen atoms in total. The molecule has 0 amide bonds. The van der Waals surface area contributed by atoms with E-state index in [1.54, 1.807) is 0 Å². The molecule has 0 saturated heterocycles. The van der Waals surface area contributed by atoms with Crippen LogP contribution in [0.2, 0.25) is 0 Å². The van der Waals surface area contributed by atoms with Crippen molar-refractivity contribution in [2.24, 2.45) is 0 Å². The summed E-state index contributed by atoms with van der Waals surface area (Å²) < 4.78 is 2.62. The molecule has 1 aromatic heterocycles. The maximum atomic E-state index is 2.62. The summed E-state index contributed by atoms with van der Waals surface area (Å²) in [5.41, 5.74) is 16.0. The molecule has 0 atom stereocenters. The predicted molar refractivity (Wildman–Crippen MR) is 231 cm³/mol. The molecule has 0 bridgehead atoms. The number of hydrogen-bond donors (Lipinski definition) is 0. The normalized spacial score (nSPS) is 14.1. The van der Waals surface area contributed by atoms with E-state index in [0.717, 1.165) is 0 Å². The summed E-state index contributed by atoms with van der Waals surface area (Å²) in [5.74, 6) is 0. The first-order chi connectivity index (χ1) is 25.2. The Morgan fingerprint density at radius 3 is 1.81 bits per heavy atom. The lowest BCUT2D eigenvalue weighted by Crippen LogP contribution is -2.60. The molecule has 0 N–H and O–H groups in total. The molecule has 0 fully saturated rings. The van der Waals surface area contributed by atoms with E-state index in [-0.39, 0.29) is 23.0 Å². The summed E-state index contributed by atoms with van der Waals surface area (Å²) in [6.45, 7) is 20.9. The minimum atomic E-state index is 0.00517. The van der Waals surface area contributed by atoms with Crippen LogP contribution in [-0.4, -0.2) is 11.3 Å². The minimum Gasteiger partial charge on any atom is -0.311 e. The van der Waals surface area contributed by atoms with Crippen LogP contribution in [-0.2, 0) is 16.2 Å². The first-order valence-corrected chi connectivity index (χ1v) is 19.3. The molecular formula is C50H47BN2. The standard InChI is InChI=1S/C50H47BN2/c1-48(2,3)31-18-22-34(23-19-31)52-41-26-21-32(49(4,5)6)27-40(41)51-45-37-24-17-30-13-10-11-14-35(30)38(37)29-39-36-25-20-33(50(7,8)9)28-44(36)53(47(39)45)43-16-12-15-42(52)46(43)51/h10-29H,1-9H3. The van der Waals surface area contributed by atoms with Crippen molar-refractivity contribution in [1.29, 1.82) is 0 Å². The van der Waals surface area contributed by atoms with Crippen LogP contribution in [0.5, 0.6) is 0 Å². The molecule has 2 aliphatic heterocycles. The number of hydrogen-bond acceptors (Lipinski definition) is 1. The van der Waals surface area contributed by atoms with E-state index < -0.39 is 0 Å². The van der Waals surface area contributed by atoms with Gasteiger partial charge in [-0.3, -0.25) is 0 Å². The molecule has 3 heterocycles. The van der Waals surface area contributed by atoms with Crippen LogP contribution < -0.4 is 21.3 Å². The van der Waals surface area contributed by atoms with Crippen molar-refractivity contribution in [3.63, 3.8) is 0 Å². The van der Waals surface area contributed by atoms with Crippen LogP contribution in [0.25, 0.3) is 49.0 Å². The number of fused-ring (bicyclic) bond motifs is 11. The summed E-state index contributed by atoms with van der Waals surface area (Å²) >= 11 is 0. The smallest absolute Gasteiger partial charge is 0.252 e. The average Bonchev–Trinajstić information content (AvgIpc) is 3.45. The monoisotopic (exact) mass is 686 g/mol. The second kappa shape index (κ2) is 10.7. The van der Waals surface area contributed by atoms with E-state index in [1.165, 1.54) is 99.2 Å². The van der Waals surface area contributed by atoms with Crippen molar-refractivity contribution in [3.8, 4) is 5.69 Å². The van der Waals surface area contributed by atoms with Crippen LogP contribution in [0.3, 0.4) is 0 Å². The highest BCUT2D eigenvalue weighted by Crippen LogP contribution is 2.44. The Hall–Kier alpha value is -5.28. The van der Waals surface area contributed by atoms with Crippen molar-refractivity contribution < 1.29 is 0 Å². The molecule has 260 valence electrons. The molecule has 0 radical (unpaired) electrons. The van der Waals surface area contributed by atoms with Crippen molar-refractivity contribution in [2.75, 3.05) is 4.90 Å². The van der Waals surface area contributed by atoms with Gasteiger partial charge in [0.1, 0.15) is 0 Å². The number of rotatable bonds is 1. The quantitative estimate of drug-likeness (QED) is 0.123. The molecule has 0 aliphatic carbocycles. The van der Waals surface area contributed by atoms with Gasteiger partial charge in [-0.05, 0) is 113 Å². The molecular weight excluding hydrogens is 639 g/mol. The van der Waals surface area contributed by atoms with Crippen LogP contribution >= 0.6 is 0 Å². The Bertz CT molecular complexity index is 2830. The number of aromatic nitrogens is 1. The van der Waals surface area contributed by atoms with Gasteiger partial charge in [-0.25, -0.2) is 0 Å². The summed E-state index contributed by atoms with van der Waals surface area (Å²) in [7, 11) is 0. The zero-order valence-corrected chi connectivity index (χ0v) is 32.5. The highest BCUT2D eigenvalue weighted by atomic mass is 15.2. The molecule has 2 aliphatic rings. The van der Waals surface area contributed by atoms with Gasteiger partial charge in [0.2, 0.25) is 0 Å². The molecule has 10 rings (SSSR count). The van der Waals surface area contributed by atoms with Crippen LogP contribution in [0.4, 0.5) is 17.1 Å². The molecule has 7 aromatic carbocycles. The van der Waals surface area contributed by atoms with E-state index in [4.69, 9.17) is 0 Å². The van der Waals surface area contributed by atoms with Gasteiger partial charge in [0.15, 0.2) is 0 Å². The maximum Gasteiger partial charge on any atom is 0.252 e. The fourth-order valence-corrected chi connectivity index (χ4v) is 9.35. The predicted octanol–water partition coefficient (Wildman–Crippen LogP) is 11.6. The topological polar surface area (TPSA) is 8.17 Å². The second-order valence-electron chi connectivity index (χ2n) is 18.7. The Labute approximate surface area is 314 Å². The summed E-state index contributed by atoms with van der Waals surface area (Å²) in [6, 6.07) is 47.0. The van der Waals surface area contributed by atoms with Crippen molar-refractivity contribution in [2.45, 2.75) is 78.6 Å². The van der Waals surface area contributed by atoms with Crippen molar-refractivity contribution >= 4 is 83.5 Å². The van der Waals surface area contributed by atoms with Gasteiger partial charge >= 0.3 is 0 Å². The summed E-state index contributed by atoms with van der Waals surface area (Å²) in [4.78, 5) is 2.54. The zero-order valence-electron chi connectivity index (χ0n) is 32.5. The molecule has 8 aromatic rings. The third-order valence-corrected chi connectivity index (χ3v) is 12.2. The molecule has 0 saturated carbocycles. The Morgan fingerprint density at radius 2 is 1.08 bits per heavy atom. The first-order valence-electron chi connectivity index (χ1n) is 19.3. The minimum absolute atomic E-state index is 0.00517. The molecule has 3 heteroatoms. The highest BCUT2D eigenvalue weighted by molar-refractivity contribution is 7.01. The third kappa shape index (κ3) is 4.59. The van der Waals surface area contributed by atoms with Crippen LogP contribution in [0, 0.1) is 0 Å². The summed E-state index contributed by atoms with van der Waals surface area (Å²) in [6.07, 6.45) is 0. The lowest BCUT2D eigenvalue weighted by molar-refractivity contribution is 0.590. The van der Waals surface area contributed by atoms with E-state index in [2.05, 4.69) is 193 Å². The fourth-order valence-electron chi connectivity index (χ4n) is 9.35. The SMILES string of the molecule is CC(C)(C)c1ccc(N2c3ccc(C(C)(C)C)cc3B3c4c2cccc4-n2c4cc(C(C)(C)C)ccc4c4cc5c(ccc6ccccc65)c3c42)cc1. The fraction of sp³-hybridized carbons (Fsp3) is 0.240. The van der Waals surface area contributed by atoms with Gasteiger partial charge in [-0.15, -0.1) is 0 Å². The van der Waals surface area contributed by atoms with E-state index in [1.807, 2.05) is 0 Å². The average molecular weight is 687 g/mol. The number of anilines is 3. The largest absolute Gasteiger partial charge is 0.311 e. The number of benzene rings is 7. The molecule has 0 unspecified atom stereocenters. The van der Waals surface area contributed by atoms with E-state index in [9.17, 15) is 0 Å². The van der Waals surface area contributed by atoms with Gasteiger partial charge in [-0.2, -0.15) is 0 Å². The van der Waals surface area contributed by atoms with Crippen molar-refractivity contribution in [1.82, 2.24) is 4.57 Å². The van der Waals surface area contributed by atoms with Crippen molar-refractivity contribution in [3.05, 3.63) is 138 Å². The van der Waals surface area contributed by atoms with Crippen LogP contribution in [0.1, 0.15) is 79.0 Å². The highest BCUT2D eigenvalue weighted by Gasteiger charge is 2.43. The Kier molecular flexibility index (Phi) is 6.51. The summed E-state index contributed by atoms with van der Waals surface area (Å²) in [5, 5.41) is 7.93. The second-order valence-corrected chi connectivity index (χ2v) is 18.7. The van der Waals surface area contributed by atoms with Gasteiger partial charge in [0.25, 0.3) is 6.71 Å². The van der Waals surface area contributed by atoms with Gasteiger partial charge in [0, 0.05) is 39.0 Å². The lowest BCUT2D eigenvalue weighted by atomic mass is 9.33. The zero-order chi connectivity index (χ0) is 36.8. The lowest BCUT2D eigenvalue weighted by Gasteiger charge is -2.41. The van der Waals surface area contributed by atoms with Gasteiger partial charge in [-0.1, -0.05) is 141 Å². The number of nitrogens with zero attached hydrogens (tertiary/aromatic N) is 2. The Balaban J connectivity index is 1.40. The van der Waals surface area contributed by atoms with E-state index >= 15 is 0 Å². The molecule has 0 spiro atoms. The third-order valence-electron chi connectivity index (χ3n) is 12.2. The van der Waals surface area contributed by atoms with Gasteiger partial charge in [0.05, 0.1) is 5.52 Å². The van der Waals surface area contributed by atoms with Crippen LogP contribution in [0.15, 0.2) is 121 Å². The van der Waals surface area contributed by atoms with Gasteiger partial charge < -0.3 is 9.47 Å². The Morgan fingerprint density at radius 1 is 0.434 bits per heavy atom. The maximum absolute atomic E-state index is 2.62. The molecule has 53 heavy (non-hydrogen) atoms.